The van der Waals surface area contributed by atoms with E-state index in [1.54, 1.807) is 0 Å². The van der Waals surface area contributed by atoms with Crippen LogP contribution in [0.4, 0.5) is 5.69 Å². The Labute approximate surface area is 280 Å². The van der Waals surface area contributed by atoms with Crippen LogP contribution in [0, 0.1) is 22.0 Å². The highest BCUT2D eigenvalue weighted by Gasteiger charge is 2.21. The fourth-order valence-electron chi connectivity index (χ4n) is 5.09. The normalized spacial score (nSPS) is 11.5. The number of non-ortho nitro benzene ring substituents is 1. The average molecular weight is 646 g/mol. The molecule has 0 aliphatic carbocycles. The minimum Gasteiger partial charge on any atom is -0.488 e. The van der Waals surface area contributed by atoms with Crippen LogP contribution < -0.4 is 9.47 Å². The van der Waals surface area contributed by atoms with Gasteiger partial charge in [-0.25, -0.2) is 4.79 Å². The van der Waals surface area contributed by atoms with Crippen LogP contribution in [0.5, 0.6) is 11.5 Å². The fraction of sp³-hybridized carbons (Fsp3) is 0.225. The number of benzene rings is 5. The molecule has 0 aliphatic heterocycles. The number of hydrogen-bond acceptors (Lipinski definition) is 5. The molecule has 6 nitrogen and oxygen atoms in total. The second-order valence-electron chi connectivity index (χ2n) is 13.5. The molecule has 0 spiro atoms. The van der Waals surface area contributed by atoms with Gasteiger partial charge in [0.05, 0.1) is 10.5 Å². The van der Waals surface area contributed by atoms with E-state index in [9.17, 15) is 14.9 Å². The molecule has 0 N–H and O–H groups in total. The van der Waals surface area contributed by atoms with Gasteiger partial charge in [-0.15, -0.1) is 0 Å². The van der Waals surface area contributed by atoms with Gasteiger partial charge in [-0.05, 0) is 80.4 Å². The zero-order valence-corrected chi connectivity index (χ0v) is 28.1. The van der Waals surface area contributed by atoms with E-state index in [-0.39, 0.29) is 22.3 Å². The zero-order valence-electron chi connectivity index (χ0n) is 27.3. The molecular formula is C40H36ClNO5. The third-order valence-electron chi connectivity index (χ3n) is 7.81. The summed E-state index contributed by atoms with van der Waals surface area (Å²) in [6.07, 6.45) is 0. The Kier molecular flexibility index (Phi) is 9.42. The van der Waals surface area contributed by atoms with Gasteiger partial charge < -0.3 is 9.47 Å². The minimum atomic E-state index is -0.801. The van der Waals surface area contributed by atoms with Crippen molar-refractivity contribution >= 4 is 34.0 Å². The topological polar surface area (TPSA) is 78.7 Å². The molecule has 0 saturated heterocycles. The molecule has 0 bridgehead atoms. The third-order valence-corrected chi connectivity index (χ3v) is 8.04. The zero-order chi connectivity index (χ0) is 33.9. The summed E-state index contributed by atoms with van der Waals surface area (Å²) in [5.41, 5.74) is 5.81. The predicted octanol–water partition coefficient (Wildman–Crippen LogP) is 10.2. The van der Waals surface area contributed by atoms with Crippen LogP contribution >= 0.6 is 11.6 Å². The van der Waals surface area contributed by atoms with Crippen LogP contribution in [-0.4, -0.2) is 10.9 Å². The Morgan fingerprint density at radius 3 is 2.09 bits per heavy atom. The summed E-state index contributed by atoms with van der Waals surface area (Å²) in [6.45, 7) is 13.5. The maximum Gasteiger partial charge on any atom is 0.390 e. The molecule has 5 aromatic carbocycles. The molecule has 0 fully saturated rings. The Hall–Kier alpha value is -5.12. The largest absolute Gasteiger partial charge is 0.488 e. The van der Waals surface area contributed by atoms with Crippen LogP contribution in [0.2, 0.25) is 5.02 Å². The van der Waals surface area contributed by atoms with E-state index in [0.717, 1.165) is 27.5 Å². The SMILES string of the molecule is CC(C)(C)c1cc(COc2ccc3cc(-c4cccc(Cl)c4)ccc3c2C#CC(=O)Oc2ccc([N+](=O)[O-])cc2)cc(C(C)(C)C)c1. The van der Waals surface area contributed by atoms with Gasteiger partial charge in [0.25, 0.3) is 5.69 Å². The summed E-state index contributed by atoms with van der Waals surface area (Å²) in [4.78, 5) is 23.2. The second kappa shape index (κ2) is 13.3. The number of rotatable bonds is 6. The van der Waals surface area contributed by atoms with Gasteiger partial charge >= 0.3 is 5.97 Å². The molecule has 47 heavy (non-hydrogen) atoms. The highest BCUT2D eigenvalue weighted by Crippen LogP contribution is 2.34. The molecule has 5 rings (SSSR count). The average Bonchev–Trinajstić information content (AvgIpc) is 3.02. The molecule has 0 unspecified atom stereocenters. The maximum absolute atomic E-state index is 12.8. The lowest BCUT2D eigenvalue weighted by atomic mass is 9.79. The van der Waals surface area contributed by atoms with Crippen molar-refractivity contribution in [3.05, 3.63) is 134 Å². The molecule has 0 radical (unpaired) electrons. The Balaban J connectivity index is 1.52. The first kappa shape index (κ1) is 33.2. The number of hydrogen-bond donors (Lipinski definition) is 0. The van der Waals surface area contributed by atoms with E-state index in [0.29, 0.717) is 22.9 Å². The maximum atomic E-state index is 12.8. The van der Waals surface area contributed by atoms with Crippen molar-refractivity contribution in [1.82, 2.24) is 0 Å². The third kappa shape index (κ3) is 8.19. The first-order valence-electron chi connectivity index (χ1n) is 15.3. The summed E-state index contributed by atoms with van der Waals surface area (Å²) in [6, 6.07) is 29.4. The number of carbonyl (C=O) groups excluding carboxylic acids is 1. The highest BCUT2D eigenvalue weighted by molar-refractivity contribution is 6.30. The van der Waals surface area contributed by atoms with Crippen molar-refractivity contribution in [2.24, 2.45) is 0 Å². The fourth-order valence-corrected chi connectivity index (χ4v) is 5.28. The molecule has 0 aliphatic rings. The summed E-state index contributed by atoms with van der Waals surface area (Å²) in [5, 5.41) is 13.3. The van der Waals surface area contributed by atoms with Crippen molar-refractivity contribution in [2.45, 2.75) is 59.0 Å². The van der Waals surface area contributed by atoms with E-state index in [1.165, 1.54) is 35.4 Å². The molecule has 0 heterocycles. The van der Waals surface area contributed by atoms with E-state index in [1.807, 2.05) is 54.6 Å². The van der Waals surface area contributed by atoms with Crippen molar-refractivity contribution in [3.8, 4) is 34.5 Å². The van der Waals surface area contributed by atoms with Crippen molar-refractivity contribution in [2.75, 3.05) is 0 Å². The molecular weight excluding hydrogens is 610 g/mol. The van der Waals surface area contributed by atoms with Gasteiger partial charge in [0.1, 0.15) is 18.1 Å². The van der Waals surface area contributed by atoms with Crippen molar-refractivity contribution in [1.29, 1.82) is 0 Å². The van der Waals surface area contributed by atoms with E-state index >= 15 is 0 Å². The van der Waals surface area contributed by atoms with Gasteiger partial charge in [0, 0.05) is 28.5 Å². The van der Waals surface area contributed by atoms with Gasteiger partial charge in [-0.1, -0.05) is 108 Å². The number of nitro groups is 1. The van der Waals surface area contributed by atoms with Gasteiger partial charge in [-0.2, -0.15) is 0 Å². The number of ether oxygens (including phenoxy) is 2. The molecule has 0 atom stereocenters. The van der Waals surface area contributed by atoms with Gasteiger partial charge in [0.2, 0.25) is 0 Å². The minimum absolute atomic E-state index is 0.0414. The molecule has 0 saturated carbocycles. The smallest absolute Gasteiger partial charge is 0.390 e. The molecule has 0 aromatic heterocycles. The number of halogens is 1. The summed E-state index contributed by atoms with van der Waals surface area (Å²) < 4.78 is 11.8. The quantitative estimate of drug-likeness (QED) is 0.0603. The number of nitrogens with zero attached hydrogens (tertiary/aromatic N) is 1. The summed E-state index contributed by atoms with van der Waals surface area (Å²) in [7, 11) is 0. The lowest BCUT2D eigenvalue weighted by Crippen LogP contribution is -2.17. The number of esters is 1. The first-order valence-corrected chi connectivity index (χ1v) is 15.6. The summed E-state index contributed by atoms with van der Waals surface area (Å²) in [5.74, 6) is 5.47. The lowest BCUT2D eigenvalue weighted by Gasteiger charge is -2.26. The Morgan fingerprint density at radius 2 is 1.47 bits per heavy atom. The van der Waals surface area contributed by atoms with E-state index in [2.05, 4.69) is 71.6 Å². The van der Waals surface area contributed by atoms with Crippen LogP contribution in [0.1, 0.15) is 63.8 Å². The van der Waals surface area contributed by atoms with Crippen LogP contribution in [-0.2, 0) is 22.2 Å². The standard InChI is InChI=1S/C40H36ClNO5/c1-39(2,3)30-20-26(21-31(24-30)40(4,5)6)25-46-37-18-11-29-22-28(27-8-7-9-32(41)23-27)10-16-35(29)36(37)17-19-38(43)47-34-14-12-33(13-15-34)42(44)45/h7-16,18,20-24H,25H2,1-6H3. The summed E-state index contributed by atoms with van der Waals surface area (Å²) >= 11 is 6.26. The monoisotopic (exact) mass is 645 g/mol. The molecule has 238 valence electrons. The van der Waals surface area contributed by atoms with Crippen LogP contribution in [0.15, 0.2) is 97.1 Å². The van der Waals surface area contributed by atoms with Crippen LogP contribution in [0.25, 0.3) is 21.9 Å². The van der Waals surface area contributed by atoms with Gasteiger partial charge in [0.15, 0.2) is 0 Å². The molecule has 7 heteroatoms. The highest BCUT2D eigenvalue weighted by atomic mass is 35.5. The Bertz CT molecular complexity index is 2010. The molecule has 5 aromatic rings. The predicted molar refractivity (Wildman–Crippen MR) is 188 cm³/mol. The number of carbonyl (C=O) groups is 1. The van der Waals surface area contributed by atoms with Crippen molar-refractivity contribution in [3.63, 3.8) is 0 Å². The molecule has 0 amide bonds. The number of nitro benzene ring substituents is 1. The second-order valence-corrected chi connectivity index (χ2v) is 13.9. The lowest BCUT2D eigenvalue weighted by molar-refractivity contribution is -0.384. The first-order chi connectivity index (χ1) is 22.2. The van der Waals surface area contributed by atoms with Gasteiger partial charge in [-0.3, -0.25) is 10.1 Å². The van der Waals surface area contributed by atoms with E-state index in [4.69, 9.17) is 21.1 Å². The Morgan fingerprint density at radius 1 is 0.809 bits per heavy atom. The van der Waals surface area contributed by atoms with Crippen LogP contribution in [0.3, 0.4) is 0 Å². The van der Waals surface area contributed by atoms with E-state index < -0.39 is 10.9 Å². The van der Waals surface area contributed by atoms with Crippen molar-refractivity contribution < 1.29 is 19.2 Å². The number of fused-ring (bicyclic) bond motifs is 1.